The first-order valence-corrected chi connectivity index (χ1v) is 8.07. The Morgan fingerprint density at radius 3 is 2.48 bits per heavy atom. The highest BCUT2D eigenvalue weighted by Crippen LogP contribution is 2.37. The summed E-state index contributed by atoms with van der Waals surface area (Å²) in [5, 5.41) is 8.95. The molecule has 1 aromatic carbocycles. The lowest BCUT2D eigenvalue weighted by Crippen LogP contribution is -2.27. The molecule has 25 heavy (non-hydrogen) atoms. The summed E-state index contributed by atoms with van der Waals surface area (Å²) in [4.78, 5) is 54.6. The molecule has 0 aromatic heterocycles. The van der Waals surface area contributed by atoms with Crippen LogP contribution in [0, 0.1) is 10.1 Å². The summed E-state index contributed by atoms with van der Waals surface area (Å²) in [5.41, 5.74) is -0.136. The van der Waals surface area contributed by atoms with Crippen LogP contribution in [0.5, 0.6) is 5.75 Å². The molecule has 0 heterocycles. The van der Waals surface area contributed by atoms with Crippen LogP contribution in [0.15, 0.2) is 24.3 Å². The summed E-state index contributed by atoms with van der Waals surface area (Å²) in [5.74, 6) is -1.77. The standard InChI is InChI=1S/C12H14NO11P/c1-8(14)23-11-5-3-2-4-10(11)12(15)21-6-9(7-22-13(16)17)24-25(18,19)20/h2-5,9H,6-7H2,1H3,(H2,18,19,20). The summed E-state index contributed by atoms with van der Waals surface area (Å²) >= 11 is 0. The summed E-state index contributed by atoms with van der Waals surface area (Å²) in [6, 6.07) is 5.58. The van der Waals surface area contributed by atoms with E-state index in [4.69, 9.17) is 19.3 Å². The second-order valence-corrected chi connectivity index (χ2v) is 5.62. The van der Waals surface area contributed by atoms with Gasteiger partial charge in [-0.05, 0) is 12.1 Å². The highest BCUT2D eigenvalue weighted by Gasteiger charge is 2.26. The predicted molar refractivity (Wildman–Crippen MR) is 77.9 cm³/mol. The van der Waals surface area contributed by atoms with E-state index in [2.05, 4.69) is 9.36 Å². The Hall–Kier alpha value is -2.53. The van der Waals surface area contributed by atoms with E-state index >= 15 is 0 Å². The van der Waals surface area contributed by atoms with Crippen LogP contribution in [0.4, 0.5) is 0 Å². The van der Waals surface area contributed by atoms with Crippen molar-refractivity contribution in [3.05, 3.63) is 39.9 Å². The van der Waals surface area contributed by atoms with Gasteiger partial charge in [0.25, 0.3) is 5.09 Å². The van der Waals surface area contributed by atoms with Crippen LogP contribution in [-0.2, 0) is 23.5 Å². The van der Waals surface area contributed by atoms with Gasteiger partial charge in [-0.1, -0.05) is 12.1 Å². The zero-order valence-corrected chi connectivity index (χ0v) is 13.7. The highest BCUT2D eigenvalue weighted by molar-refractivity contribution is 7.46. The quantitative estimate of drug-likeness (QED) is 0.201. The van der Waals surface area contributed by atoms with Gasteiger partial charge in [0.15, 0.2) is 0 Å². The first-order valence-electron chi connectivity index (χ1n) is 6.54. The van der Waals surface area contributed by atoms with Gasteiger partial charge in [-0.2, -0.15) is 0 Å². The van der Waals surface area contributed by atoms with Gasteiger partial charge in [-0.15, -0.1) is 10.1 Å². The number of carbonyl (C=O) groups excluding carboxylic acids is 2. The van der Waals surface area contributed by atoms with Crippen molar-refractivity contribution in [2.45, 2.75) is 13.0 Å². The predicted octanol–water partition coefficient (Wildman–Crippen LogP) is 0.455. The lowest BCUT2D eigenvalue weighted by molar-refractivity contribution is -0.759. The van der Waals surface area contributed by atoms with Crippen molar-refractivity contribution < 1.29 is 47.9 Å². The van der Waals surface area contributed by atoms with Crippen LogP contribution >= 0.6 is 7.82 Å². The summed E-state index contributed by atoms with van der Waals surface area (Å²) < 4.78 is 24.7. The van der Waals surface area contributed by atoms with Crippen LogP contribution in [0.3, 0.4) is 0 Å². The third-order valence-corrected chi connectivity index (χ3v) is 2.99. The molecule has 0 aliphatic carbocycles. The van der Waals surface area contributed by atoms with E-state index < -0.39 is 44.2 Å². The summed E-state index contributed by atoms with van der Waals surface area (Å²) in [6.07, 6.45) is -1.60. The summed E-state index contributed by atoms with van der Waals surface area (Å²) in [7, 11) is -5.01. The zero-order valence-electron chi connectivity index (χ0n) is 12.8. The molecule has 0 saturated carbocycles. The first kappa shape index (κ1) is 20.5. The van der Waals surface area contributed by atoms with Crippen molar-refractivity contribution in [2.75, 3.05) is 13.2 Å². The fourth-order valence-electron chi connectivity index (χ4n) is 1.57. The maximum absolute atomic E-state index is 12.0. The van der Waals surface area contributed by atoms with Gasteiger partial charge >= 0.3 is 19.8 Å². The van der Waals surface area contributed by atoms with E-state index in [0.29, 0.717) is 0 Å². The average molecular weight is 379 g/mol. The molecular formula is C12H14NO11P. The monoisotopic (exact) mass is 379 g/mol. The number of para-hydroxylation sites is 1. The second kappa shape index (κ2) is 9.08. The Kier molecular flexibility index (Phi) is 7.45. The van der Waals surface area contributed by atoms with Gasteiger partial charge in [0.2, 0.25) is 0 Å². The fraction of sp³-hybridized carbons (Fsp3) is 0.333. The molecule has 0 radical (unpaired) electrons. The molecule has 138 valence electrons. The van der Waals surface area contributed by atoms with Crippen LogP contribution in [-0.4, -0.2) is 46.1 Å². The van der Waals surface area contributed by atoms with Crippen molar-refractivity contribution >= 4 is 19.8 Å². The van der Waals surface area contributed by atoms with Crippen molar-refractivity contribution in [3.8, 4) is 5.75 Å². The van der Waals surface area contributed by atoms with E-state index in [1.165, 1.54) is 24.3 Å². The number of phosphoric ester groups is 1. The number of hydrogen-bond acceptors (Lipinski definition) is 9. The van der Waals surface area contributed by atoms with Gasteiger partial charge < -0.3 is 24.1 Å². The molecule has 0 fully saturated rings. The van der Waals surface area contributed by atoms with E-state index in [-0.39, 0.29) is 11.3 Å². The molecule has 1 unspecified atom stereocenters. The molecular weight excluding hydrogens is 365 g/mol. The minimum absolute atomic E-state index is 0.0889. The number of carbonyl (C=O) groups is 2. The summed E-state index contributed by atoms with van der Waals surface area (Å²) in [6.45, 7) is -0.510. The van der Waals surface area contributed by atoms with Crippen molar-refractivity contribution in [1.82, 2.24) is 0 Å². The number of esters is 2. The fourth-order valence-corrected chi connectivity index (χ4v) is 2.08. The lowest BCUT2D eigenvalue weighted by Gasteiger charge is -2.17. The van der Waals surface area contributed by atoms with E-state index in [9.17, 15) is 24.3 Å². The van der Waals surface area contributed by atoms with Crippen LogP contribution < -0.4 is 4.74 Å². The first-order chi connectivity index (χ1) is 11.6. The van der Waals surface area contributed by atoms with Gasteiger partial charge in [-0.25, -0.2) is 9.36 Å². The molecule has 0 spiro atoms. The van der Waals surface area contributed by atoms with Crippen molar-refractivity contribution in [1.29, 1.82) is 0 Å². The van der Waals surface area contributed by atoms with Gasteiger partial charge in [0, 0.05) is 6.92 Å². The Bertz CT molecular complexity index is 685. The van der Waals surface area contributed by atoms with E-state index in [0.717, 1.165) is 6.92 Å². The number of ether oxygens (including phenoxy) is 2. The second-order valence-electron chi connectivity index (χ2n) is 4.43. The van der Waals surface area contributed by atoms with Crippen LogP contribution in [0.2, 0.25) is 0 Å². The zero-order chi connectivity index (χ0) is 19.0. The largest absolute Gasteiger partial charge is 0.470 e. The number of nitrogens with zero attached hydrogens (tertiary/aromatic N) is 1. The molecule has 0 aliphatic heterocycles. The van der Waals surface area contributed by atoms with Gasteiger partial charge in [-0.3, -0.25) is 9.32 Å². The SMILES string of the molecule is CC(=O)Oc1ccccc1C(=O)OCC(CO[N+](=O)[O-])OP(=O)(O)O. The number of hydrogen-bond donors (Lipinski definition) is 2. The third-order valence-electron chi connectivity index (χ3n) is 2.41. The molecule has 12 nitrogen and oxygen atoms in total. The molecule has 13 heteroatoms. The molecule has 0 saturated heterocycles. The van der Waals surface area contributed by atoms with Crippen LogP contribution in [0.25, 0.3) is 0 Å². The van der Waals surface area contributed by atoms with Gasteiger partial charge in [0.05, 0.1) is 0 Å². The number of benzene rings is 1. The van der Waals surface area contributed by atoms with Crippen molar-refractivity contribution in [3.63, 3.8) is 0 Å². The molecule has 0 aliphatic rings. The minimum atomic E-state index is -5.01. The maximum Gasteiger partial charge on any atom is 0.470 e. The molecule has 0 bridgehead atoms. The highest BCUT2D eigenvalue weighted by atomic mass is 31.2. The van der Waals surface area contributed by atoms with E-state index in [1.54, 1.807) is 0 Å². The molecule has 1 rings (SSSR count). The molecule has 0 amide bonds. The molecule has 1 aromatic rings. The Balaban J connectivity index is 2.78. The van der Waals surface area contributed by atoms with Gasteiger partial charge in [0.1, 0.15) is 30.6 Å². The Morgan fingerprint density at radius 1 is 1.28 bits per heavy atom. The van der Waals surface area contributed by atoms with E-state index in [1.807, 2.05) is 0 Å². The van der Waals surface area contributed by atoms with Crippen molar-refractivity contribution in [2.24, 2.45) is 0 Å². The maximum atomic E-state index is 12.0. The number of rotatable bonds is 9. The Labute approximate surface area is 140 Å². The normalized spacial score (nSPS) is 12.1. The third kappa shape index (κ3) is 8.22. The average Bonchev–Trinajstić information content (AvgIpc) is 2.48. The van der Waals surface area contributed by atoms with Crippen LogP contribution in [0.1, 0.15) is 17.3 Å². The minimum Gasteiger partial charge on any atom is -0.459 e. The molecule has 1 atom stereocenters. The molecule has 2 N–H and O–H groups in total. The lowest BCUT2D eigenvalue weighted by atomic mass is 10.2. The Morgan fingerprint density at radius 2 is 1.92 bits per heavy atom. The number of phosphoric acid groups is 1. The topological polar surface area (TPSA) is 172 Å². The smallest absolute Gasteiger partial charge is 0.459 e.